The molecule has 2 unspecified atom stereocenters. The largest absolute Gasteiger partial charge is 0.305 e. The summed E-state index contributed by atoms with van der Waals surface area (Å²) in [6, 6.07) is 0. The number of hydrogen-bond donors (Lipinski definition) is 0. The highest BCUT2D eigenvalue weighted by Crippen LogP contribution is 2.45. The first kappa shape index (κ1) is 10.2. The number of hydrogen-bond acceptors (Lipinski definition) is 2. The number of halogens is 1. The van der Waals surface area contributed by atoms with Crippen molar-refractivity contribution in [1.29, 1.82) is 0 Å². The number of nitrogens with zero attached hydrogens (tertiary/aromatic N) is 2. The van der Waals surface area contributed by atoms with Gasteiger partial charge in [0.15, 0.2) is 0 Å². The van der Waals surface area contributed by atoms with Gasteiger partial charge in [0.2, 0.25) is 0 Å². The van der Waals surface area contributed by atoms with Crippen molar-refractivity contribution < 1.29 is 0 Å². The fourth-order valence-electron chi connectivity index (χ4n) is 3.60. The second kappa shape index (κ2) is 3.07. The van der Waals surface area contributed by atoms with E-state index in [0.717, 1.165) is 0 Å². The van der Waals surface area contributed by atoms with Gasteiger partial charge in [-0.2, -0.15) is 0 Å². The first-order valence-corrected chi connectivity index (χ1v) is 5.97. The Hall–Kier alpha value is 0.650. The van der Waals surface area contributed by atoms with Crippen molar-refractivity contribution in [3.63, 3.8) is 0 Å². The first-order valence-electron chi connectivity index (χ1n) is 5.00. The van der Waals surface area contributed by atoms with Gasteiger partial charge >= 0.3 is 0 Å². The van der Waals surface area contributed by atoms with Crippen molar-refractivity contribution in [3.05, 3.63) is 0 Å². The standard InChI is InChI=1S/C10H19IN2/c1-9-4-10(2,6-12(3)5-9)8-13(11)7-9/h4-8H2,1-3H3. The zero-order valence-corrected chi connectivity index (χ0v) is 11.0. The van der Waals surface area contributed by atoms with Crippen molar-refractivity contribution in [2.24, 2.45) is 10.8 Å². The predicted molar refractivity (Wildman–Crippen MR) is 63.9 cm³/mol. The minimum Gasteiger partial charge on any atom is -0.305 e. The van der Waals surface area contributed by atoms with Crippen LogP contribution in [0.4, 0.5) is 0 Å². The second-order valence-electron chi connectivity index (χ2n) is 5.75. The van der Waals surface area contributed by atoms with Crippen molar-refractivity contribution in [1.82, 2.24) is 8.01 Å². The Kier molecular flexibility index (Phi) is 2.40. The summed E-state index contributed by atoms with van der Waals surface area (Å²) in [5.74, 6) is 0. The summed E-state index contributed by atoms with van der Waals surface area (Å²) < 4.78 is 2.48. The van der Waals surface area contributed by atoms with Gasteiger partial charge in [-0.05, 0) is 24.3 Å². The lowest BCUT2D eigenvalue weighted by Crippen LogP contribution is -2.59. The van der Waals surface area contributed by atoms with E-state index in [9.17, 15) is 0 Å². The number of piperidine rings is 2. The molecule has 2 nitrogen and oxygen atoms in total. The molecule has 2 saturated heterocycles. The van der Waals surface area contributed by atoms with Crippen LogP contribution in [-0.2, 0) is 0 Å². The third-order valence-corrected chi connectivity index (χ3v) is 3.95. The lowest BCUT2D eigenvalue weighted by atomic mass is 9.66. The van der Waals surface area contributed by atoms with Crippen molar-refractivity contribution >= 4 is 22.9 Å². The molecule has 0 radical (unpaired) electrons. The second-order valence-corrected chi connectivity index (χ2v) is 7.11. The summed E-state index contributed by atoms with van der Waals surface area (Å²) in [5.41, 5.74) is 1.06. The summed E-state index contributed by atoms with van der Waals surface area (Å²) in [6.45, 7) is 9.92. The van der Waals surface area contributed by atoms with Crippen LogP contribution in [0.5, 0.6) is 0 Å². The smallest absolute Gasteiger partial charge is 0.0201 e. The van der Waals surface area contributed by atoms with Gasteiger partial charge in [-0.15, -0.1) is 0 Å². The Balaban J connectivity index is 2.22. The lowest BCUT2D eigenvalue weighted by molar-refractivity contribution is -0.0303. The molecule has 0 aliphatic carbocycles. The Morgan fingerprint density at radius 3 is 1.92 bits per heavy atom. The Morgan fingerprint density at radius 2 is 1.46 bits per heavy atom. The van der Waals surface area contributed by atoms with Crippen LogP contribution in [0.3, 0.4) is 0 Å². The minimum atomic E-state index is 0.529. The van der Waals surface area contributed by atoms with Gasteiger partial charge in [-0.3, -0.25) is 0 Å². The van der Waals surface area contributed by atoms with Gasteiger partial charge in [-0.25, -0.2) is 3.11 Å². The Morgan fingerprint density at radius 1 is 1.00 bits per heavy atom. The molecule has 2 rings (SSSR count). The molecular formula is C10H19IN2. The van der Waals surface area contributed by atoms with Gasteiger partial charge in [-0.1, -0.05) is 13.8 Å². The van der Waals surface area contributed by atoms with E-state index in [1.807, 2.05) is 0 Å². The maximum Gasteiger partial charge on any atom is 0.0201 e. The van der Waals surface area contributed by atoms with Gasteiger partial charge in [0.05, 0.1) is 0 Å². The molecule has 2 aliphatic heterocycles. The molecule has 2 fully saturated rings. The quantitative estimate of drug-likeness (QED) is 0.498. The van der Waals surface area contributed by atoms with Gasteiger partial charge < -0.3 is 4.90 Å². The van der Waals surface area contributed by atoms with Crippen LogP contribution in [0, 0.1) is 10.8 Å². The number of fused-ring (bicyclic) bond motifs is 2. The summed E-state index contributed by atoms with van der Waals surface area (Å²) in [4.78, 5) is 2.51. The summed E-state index contributed by atoms with van der Waals surface area (Å²) in [5, 5.41) is 0. The SMILES string of the molecule is CN1CC2(C)CN(I)CC(C)(C1)C2. The van der Waals surface area contributed by atoms with Gasteiger partial charge in [0.25, 0.3) is 0 Å². The Bertz CT molecular complexity index is 183. The van der Waals surface area contributed by atoms with Crippen LogP contribution in [0.25, 0.3) is 0 Å². The summed E-state index contributed by atoms with van der Waals surface area (Å²) >= 11 is 2.49. The zero-order valence-electron chi connectivity index (χ0n) is 8.81. The third-order valence-electron chi connectivity index (χ3n) is 3.26. The molecule has 2 heterocycles. The molecule has 76 valence electrons. The molecule has 0 N–H and O–H groups in total. The van der Waals surface area contributed by atoms with Crippen LogP contribution in [-0.4, -0.2) is 41.2 Å². The fraction of sp³-hybridized carbons (Fsp3) is 1.00. The maximum atomic E-state index is 2.51. The van der Waals surface area contributed by atoms with E-state index in [1.54, 1.807) is 0 Å². The maximum absolute atomic E-state index is 2.51. The van der Waals surface area contributed by atoms with E-state index in [4.69, 9.17) is 0 Å². The predicted octanol–water partition coefficient (Wildman–Crippen LogP) is 2.00. The van der Waals surface area contributed by atoms with Crippen molar-refractivity contribution in [2.75, 3.05) is 33.2 Å². The zero-order chi connectivity index (χ0) is 9.69. The minimum absolute atomic E-state index is 0.529. The summed E-state index contributed by atoms with van der Waals surface area (Å²) in [6.07, 6.45) is 1.41. The molecule has 2 bridgehead atoms. The van der Waals surface area contributed by atoms with Crippen LogP contribution in [0.1, 0.15) is 20.3 Å². The van der Waals surface area contributed by atoms with E-state index >= 15 is 0 Å². The molecule has 0 saturated carbocycles. The fourth-order valence-corrected chi connectivity index (χ4v) is 5.24. The molecule has 0 aromatic carbocycles. The van der Waals surface area contributed by atoms with Crippen LogP contribution < -0.4 is 0 Å². The van der Waals surface area contributed by atoms with E-state index in [1.165, 1.54) is 32.6 Å². The Labute approximate surface area is 95.2 Å². The lowest BCUT2D eigenvalue weighted by Gasteiger charge is -2.54. The normalized spacial score (nSPS) is 48.0. The van der Waals surface area contributed by atoms with Crippen LogP contribution in [0.15, 0.2) is 0 Å². The summed E-state index contributed by atoms with van der Waals surface area (Å²) in [7, 11) is 2.26. The monoisotopic (exact) mass is 294 g/mol. The van der Waals surface area contributed by atoms with Crippen molar-refractivity contribution in [2.45, 2.75) is 20.3 Å². The third kappa shape index (κ3) is 2.02. The van der Waals surface area contributed by atoms with Crippen molar-refractivity contribution in [3.8, 4) is 0 Å². The van der Waals surface area contributed by atoms with E-state index in [2.05, 4.69) is 51.8 Å². The van der Waals surface area contributed by atoms with E-state index in [-0.39, 0.29) is 0 Å². The van der Waals surface area contributed by atoms with E-state index in [0.29, 0.717) is 10.8 Å². The van der Waals surface area contributed by atoms with Gasteiger partial charge in [0.1, 0.15) is 0 Å². The van der Waals surface area contributed by atoms with Gasteiger partial charge in [0, 0.05) is 49.0 Å². The highest BCUT2D eigenvalue weighted by Gasteiger charge is 2.46. The molecule has 2 atom stereocenters. The molecule has 0 amide bonds. The molecular weight excluding hydrogens is 275 g/mol. The van der Waals surface area contributed by atoms with Crippen LogP contribution in [0.2, 0.25) is 0 Å². The average molecular weight is 294 g/mol. The average Bonchev–Trinajstić information content (AvgIpc) is 1.75. The molecule has 3 heteroatoms. The number of rotatable bonds is 0. The topological polar surface area (TPSA) is 6.48 Å². The highest BCUT2D eigenvalue weighted by molar-refractivity contribution is 14.1. The highest BCUT2D eigenvalue weighted by atomic mass is 127. The van der Waals surface area contributed by atoms with Crippen LogP contribution >= 0.6 is 22.9 Å². The molecule has 13 heavy (non-hydrogen) atoms. The molecule has 0 spiro atoms. The van der Waals surface area contributed by atoms with E-state index < -0.39 is 0 Å². The number of likely N-dealkylation sites (tertiary alicyclic amines) is 1. The molecule has 2 aliphatic rings. The molecule has 0 aromatic heterocycles. The first-order chi connectivity index (χ1) is 5.91. The molecule has 0 aromatic rings.